The number of piperidine rings is 1. The lowest BCUT2D eigenvalue weighted by molar-refractivity contribution is -0.123. The van der Waals surface area contributed by atoms with Crippen LogP contribution in [0.25, 0.3) is 0 Å². The molecule has 0 spiro atoms. The van der Waals surface area contributed by atoms with E-state index >= 15 is 0 Å². The highest BCUT2D eigenvalue weighted by atomic mass is 32.2. The number of nitrogens with zero attached hydrogens (tertiary/aromatic N) is 4. The van der Waals surface area contributed by atoms with Crippen LogP contribution in [-0.2, 0) is 19.6 Å². The van der Waals surface area contributed by atoms with Gasteiger partial charge in [-0.05, 0) is 57.0 Å². The summed E-state index contributed by atoms with van der Waals surface area (Å²) in [4.78, 5) is 32.5. The van der Waals surface area contributed by atoms with E-state index in [0.717, 1.165) is 56.9 Å². The van der Waals surface area contributed by atoms with E-state index in [1.54, 1.807) is 18.2 Å². The number of likely N-dealkylation sites (N-methyl/N-ethyl adjacent to an activating group) is 1. The van der Waals surface area contributed by atoms with Crippen molar-refractivity contribution in [2.75, 3.05) is 76.6 Å². The summed E-state index contributed by atoms with van der Waals surface area (Å²) in [5.74, 6) is 0.346. The third kappa shape index (κ3) is 6.56. The predicted octanol–water partition coefficient (Wildman–Crippen LogP) is 1.30. The molecule has 3 aliphatic rings. The van der Waals surface area contributed by atoms with Gasteiger partial charge in [0, 0.05) is 50.7 Å². The molecule has 0 aromatic heterocycles. The molecular formula is C24H37N5O4S2. The average Bonchev–Trinajstić information content (AvgIpc) is 2.84. The number of thioether (sulfide) groups is 1. The maximum Gasteiger partial charge on any atom is 0.243 e. The zero-order valence-corrected chi connectivity index (χ0v) is 22.4. The second kappa shape index (κ2) is 11.6. The quantitative estimate of drug-likeness (QED) is 0.514. The standard InChI is InChI=1S/C24H37N5O4S2/c1-19-6-10-28(11-7-19)35(32,33)20-4-5-22-21(16-20)29(24(31)18-34-22)17-23(30)25-8-3-9-27-14-12-26(2)13-15-27/h4-5,16,19H,3,6-15,17-18H2,1-2H3,(H,25,30). The average molecular weight is 524 g/mol. The monoisotopic (exact) mass is 523 g/mol. The molecule has 0 radical (unpaired) electrons. The number of rotatable bonds is 8. The molecule has 0 bridgehead atoms. The maximum absolute atomic E-state index is 13.2. The van der Waals surface area contributed by atoms with Crippen molar-refractivity contribution >= 4 is 39.3 Å². The smallest absolute Gasteiger partial charge is 0.243 e. The third-order valence-electron chi connectivity index (χ3n) is 7.12. The predicted molar refractivity (Wildman–Crippen MR) is 138 cm³/mol. The summed E-state index contributed by atoms with van der Waals surface area (Å²) in [6, 6.07) is 4.94. The molecule has 0 atom stereocenters. The van der Waals surface area contributed by atoms with Crippen LogP contribution in [0.2, 0.25) is 0 Å². The van der Waals surface area contributed by atoms with Gasteiger partial charge >= 0.3 is 0 Å². The Hall–Kier alpha value is -1.66. The van der Waals surface area contributed by atoms with Crippen LogP contribution in [0.15, 0.2) is 28.0 Å². The van der Waals surface area contributed by atoms with Crippen LogP contribution in [0.5, 0.6) is 0 Å². The van der Waals surface area contributed by atoms with Gasteiger partial charge in [-0.2, -0.15) is 4.31 Å². The molecule has 35 heavy (non-hydrogen) atoms. The number of amides is 2. The van der Waals surface area contributed by atoms with Gasteiger partial charge in [0.25, 0.3) is 0 Å². The Kier molecular flexibility index (Phi) is 8.75. The number of hydrogen-bond acceptors (Lipinski definition) is 7. The van der Waals surface area contributed by atoms with Crippen molar-refractivity contribution in [3.63, 3.8) is 0 Å². The molecule has 0 saturated carbocycles. The summed E-state index contributed by atoms with van der Waals surface area (Å²) < 4.78 is 28.0. The number of anilines is 1. The highest BCUT2D eigenvalue weighted by Gasteiger charge is 2.32. The fourth-order valence-electron chi connectivity index (χ4n) is 4.69. The van der Waals surface area contributed by atoms with E-state index in [1.165, 1.54) is 21.0 Å². The number of nitrogens with one attached hydrogen (secondary N) is 1. The summed E-state index contributed by atoms with van der Waals surface area (Å²) in [5, 5.41) is 2.93. The van der Waals surface area contributed by atoms with E-state index < -0.39 is 10.0 Å². The van der Waals surface area contributed by atoms with Crippen LogP contribution in [0.3, 0.4) is 0 Å². The highest BCUT2D eigenvalue weighted by Crippen LogP contribution is 2.37. The highest BCUT2D eigenvalue weighted by molar-refractivity contribution is 8.00. The number of sulfonamides is 1. The molecule has 0 aliphatic carbocycles. The van der Waals surface area contributed by atoms with E-state index in [0.29, 0.717) is 31.2 Å². The zero-order valence-electron chi connectivity index (χ0n) is 20.7. The maximum atomic E-state index is 13.2. The van der Waals surface area contributed by atoms with Crippen LogP contribution in [-0.4, -0.2) is 106 Å². The minimum atomic E-state index is -3.64. The van der Waals surface area contributed by atoms with Gasteiger partial charge in [-0.15, -0.1) is 11.8 Å². The van der Waals surface area contributed by atoms with E-state index in [9.17, 15) is 18.0 Å². The van der Waals surface area contributed by atoms with Crippen LogP contribution in [0.4, 0.5) is 5.69 Å². The Bertz CT molecular complexity index is 1020. The Morgan fingerprint density at radius 3 is 2.54 bits per heavy atom. The topological polar surface area (TPSA) is 93.3 Å². The SMILES string of the molecule is CC1CCN(S(=O)(=O)c2ccc3c(c2)N(CC(=O)NCCCN2CCN(C)CC2)C(=O)CS3)CC1. The molecule has 4 rings (SSSR count). The Morgan fingerprint density at radius 2 is 1.83 bits per heavy atom. The van der Waals surface area contributed by atoms with Crippen molar-refractivity contribution < 1.29 is 18.0 Å². The molecule has 3 heterocycles. The van der Waals surface area contributed by atoms with E-state index in [2.05, 4.69) is 29.1 Å². The Morgan fingerprint density at radius 1 is 1.11 bits per heavy atom. The summed E-state index contributed by atoms with van der Waals surface area (Å²) >= 11 is 1.38. The van der Waals surface area contributed by atoms with Crippen LogP contribution in [0.1, 0.15) is 26.2 Å². The molecule has 2 fully saturated rings. The summed E-state index contributed by atoms with van der Waals surface area (Å²) in [5.41, 5.74) is 0.505. The number of carbonyl (C=O) groups excluding carboxylic acids is 2. The summed E-state index contributed by atoms with van der Waals surface area (Å²) in [6.45, 7) is 8.76. The molecule has 1 N–H and O–H groups in total. The molecule has 1 aromatic carbocycles. The lowest BCUT2D eigenvalue weighted by Crippen LogP contribution is -2.46. The third-order valence-corrected chi connectivity index (χ3v) is 10.1. The van der Waals surface area contributed by atoms with Crippen molar-refractivity contribution in [1.82, 2.24) is 19.4 Å². The minimum absolute atomic E-state index is 0.106. The van der Waals surface area contributed by atoms with Gasteiger partial charge in [-0.25, -0.2) is 8.42 Å². The molecular weight excluding hydrogens is 486 g/mol. The fraction of sp³-hybridized carbons (Fsp3) is 0.667. The lowest BCUT2D eigenvalue weighted by Gasteiger charge is -2.32. The molecule has 9 nitrogen and oxygen atoms in total. The number of benzene rings is 1. The van der Waals surface area contributed by atoms with Crippen LogP contribution < -0.4 is 10.2 Å². The van der Waals surface area contributed by atoms with E-state index in [1.807, 2.05) is 0 Å². The van der Waals surface area contributed by atoms with Gasteiger partial charge in [0.1, 0.15) is 6.54 Å². The minimum Gasteiger partial charge on any atom is -0.355 e. The second-order valence-electron chi connectivity index (χ2n) is 9.83. The first-order valence-electron chi connectivity index (χ1n) is 12.5. The van der Waals surface area contributed by atoms with Crippen molar-refractivity contribution in [3.05, 3.63) is 18.2 Å². The molecule has 11 heteroatoms. The van der Waals surface area contributed by atoms with E-state index in [-0.39, 0.29) is 29.0 Å². The first kappa shape index (κ1) is 26.4. The first-order chi connectivity index (χ1) is 16.7. The van der Waals surface area contributed by atoms with Crippen molar-refractivity contribution in [2.24, 2.45) is 5.92 Å². The molecule has 3 aliphatic heterocycles. The molecule has 1 aromatic rings. The summed E-state index contributed by atoms with van der Waals surface area (Å²) in [6.07, 6.45) is 2.55. The summed E-state index contributed by atoms with van der Waals surface area (Å²) in [7, 11) is -1.51. The van der Waals surface area contributed by atoms with E-state index in [4.69, 9.17) is 0 Å². The zero-order chi connectivity index (χ0) is 25.0. The van der Waals surface area contributed by atoms with Crippen molar-refractivity contribution in [1.29, 1.82) is 0 Å². The molecule has 194 valence electrons. The molecule has 2 amide bonds. The number of carbonyl (C=O) groups is 2. The Balaban J connectivity index is 1.37. The number of piperazine rings is 1. The normalized spacial score (nSPS) is 21.2. The largest absolute Gasteiger partial charge is 0.355 e. The fourth-order valence-corrected chi connectivity index (χ4v) is 7.10. The Labute approximate surface area is 213 Å². The first-order valence-corrected chi connectivity index (χ1v) is 14.9. The molecule has 0 unspecified atom stereocenters. The van der Waals surface area contributed by atoms with Crippen LogP contribution >= 0.6 is 11.8 Å². The van der Waals surface area contributed by atoms with Crippen molar-refractivity contribution in [3.8, 4) is 0 Å². The molecule has 2 saturated heterocycles. The number of hydrogen-bond donors (Lipinski definition) is 1. The van der Waals surface area contributed by atoms with Crippen LogP contribution in [0, 0.1) is 5.92 Å². The second-order valence-corrected chi connectivity index (χ2v) is 12.8. The number of fused-ring (bicyclic) bond motifs is 1. The van der Waals surface area contributed by atoms with Gasteiger partial charge in [0.05, 0.1) is 16.3 Å². The van der Waals surface area contributed by atoms with Gasteiger partial charge < -0.3 is 20.0 Å². The van der Waals surface area contributed by atoms with Gasteiger partial charge in [-0.3, -0.25) is 9.59 Å². The van der Waals surface area contributed by atoms with Gasteiger partial charge in [0.2, 0.25) is 21.8 Å². The van der Waals surface area contributed by atoms with Crippen molar-refractivity contribution in [2.45, 2.75) is 36.0 Å². The van der Waals surface area contributed by atoms with Gasteiger partial charge in [-0.1, -0.05) is 6.92 Å². The lowest BCUT2D eigenvalue weighted by atomic mass is 10.0. The van der Waals surface area contributed by atoms with Gasteiger partial charge in [0.15, 0.2) is 0 Å².